The predicted molar refractivity (Wildman–Crippen MR) is 59.6 cm³/mol. The molecule has 0 unspecified atom stereocenters. The molecule has 15 heavy (non-hydrogen) atoms. The molecule has 0 N–H and O–H groups in total. The Hall–Kier alpha value is -1.06. The van der Waals surface area contributed by atoms with Gasteiger partial charge >= 0.3 is 0 Å². The highest BCUT2D eigenvalue weighted by molar-refractivity contribution is 5.98. The minimum absolute atomic E-state index is 0.363. The van der Waals surface area contributed by atoms with Gasteiger partial charge in [-0.05, 0) is 6.42 Å². The summed E-state index contributed by atoms with van der Waals surface area (Å²) >= 11 is 0. The molecule has 0 bridgehead atoms. The Morgan fingerprint density at radius 3 is 3.00 bits per heavy atom. The third kappa shape index (κ3) is 2.94. The Morgan fingerprint density at radius 1 is 1.33 bits per heavy atom. The van der Waals surface area contributed by atoms with Crippen molar-refractivity contribution >= 4 is 11.8 Å². The molecule has 0 aliphatic carbocycles. The number of nitrogens with zero attached hydrogens (tertiary/aromatic N) is 2. The smallest absolute Gasteiger partial charge is 0.193 e. The third-order valence-electron chi connectivity index (χ3n) is 2.61. The van der Waals surface area contributed by atoms with Crippen LogP contribution < -0.4 is 0 Å². The van der Waals surface area contributed by atoms with Crippen LogP contribution in [0.2, 0.25) is 0 Å². The van der Waals surface area contributed by atoms with E-state index in [0.29, 0.717) is 19.1 Å². The molecule has 0 saturated heterocycles. The summed E-state index contributed by atoms with van der Waals surface area (Å²) in [5, 5.41) is 0. The van der Waals surface area contributed by atoms with Gasteiger partial charge in [0.25, 0.3) is 0 Å². The van der Waals surface area contributed by atoms with Gasteiger partial charge in [-0.2, -0.15) is 0 Å². The average Bonchev–Trinajstić information content (AvgIpc) is 2.87. The lowest BCUT2D eigenvalue weighted by atomic mass is 10.1. The van der Waals surface area contributed by atoms with Crippen LogP contribution >= 0.6 is 0 Å². The van der Waals surface area contributed by atoms with Crippen molar-refractivity contribution in [3.05, 3.63) is 0 Å². The van der Waals surface area contributed by atoms with E-state index in [1.54, 1.807) is 0 Å². The highest BCUT2D eigenvalue weighted by atomic mass is 16.5. The summed E-state index contributed by atoms with van der Waals surface area (Å²) in [5.41, 5.74) is 0. The lowest BCUT2D eigenvalue weighted by Gasteiger charge is -2.01. The fraction of sp³-hybridized carbons (Fsp3) is 0.818. The van der Waals surface area contributed by atoms with Crippen molar-refractivity contribution < 1.29 is 9.47 Å². The van der Waals surface area contributed by atoms with Gasteiger partial charge in [0.2, 0.25) is 0 Å². The third-order valence-corrected chi connectivity index (χ3v) is 2.61. The highest BCUT2D eigenvalue weighted by Crippen LogP contribution is 2.14. The molecule has 0 radical (unpaired) electrons. The highest BCUT2D eigenvalue weighted by Gasteiger charge is 2.21. The fourth-order valence-corrected chi connectivity index (χ4v) is 1.77. The monoisotopic (exact) mass is 210 g/mol. The quantitative estimate of drug-likeness (QED) is 0.694. The molecule has 2 heterocycles. The van der Waals surface area contributed by atoms with Crippen LogP contribution in [-0.2, 0) is 9.47 Å². The molecule has 1 atom stereocenters. The van der Waals surface area contributed by atoms with Crippen LogP contribution in [0, 0.1) is 0 Å². The summed E-state index contributed by atoms with van der Waals surface area (Å²) in [7, 11) is 0. The van der Waals surface area contributed by atoms with Crippen molar-refractivity contribution in [2.24, 2.45) is 9.98 Å². The number of unbranched alkanes of at least 4 members (excludes halogenated alkanes) is 1. The minimum Gasteiger partial charge on any atom is -0.479 e. The van der Waals surface area contributed by atoms with E-state index in [-0.39, 0.29) is 0 Å². The van der Waals surface area contributed by atoms with Crippen molar-refractivity contribution in [3.8, 4) is 0 Å². The predicted octanol–water partition coefficient (Wildman–Crippen LogP) is 1.79. The normalized spacial score (nSPS) is 24.5. The number of hydrogen-bond acceptors (Lipinski definition) is 4. The van der Waals surface area contributed by atoms with Crippen molar-refractivity contribution in [1.82, 2.24) is 0 Å². The maximum absolute atomic E-state index is 5.51. The number of ether oxygens (including phenoxy) is 2. The standard InChI is InChI=1S/C11H18N2O2/c1-2-3-4-9-8-15-11(13-9)7-10-12-5-6-14-10/h9H,2-8H2,1H3/t9-/m0/s1. The molecule has 2 aliphatic rings. The van der Waals surface area contributed by atoms with Gasteiger partial charge in [-0.25, -0.2) is 4.99 Å². The first-order valence-corrected chi connectivity index (χ1v) is 5.74. The first-order chi connectivity index (χ1) is 7.38. The van der Waals surface area contributed by atoms with Crippen LogP contribution in [0.3, 0.4) is 0 Å². The average molecular weight is 210 g/mol. The number of aliphatic imine (C=N–C) groups is 2. The molecule has 2 aliphatic heterocycles. The lowest BCUT2D eigenvalue weighted by molar-refractivity contribution is 0.300. The van der Waals surface area contributed by atoms with E-state index >= 15 is 0 Å². The second-order valence-corrected chi connectivity index (χ2v) is 3.93. The zero-order valence-corrected chi connectivity index (χ0v) is 9.24. The van der Waals surface area contributed by atoms with Gasteiger partial charge in [-0.1, -0.05) is 19.8 Å². The Balaban J connectivity index is 1.78. The molecule has 2 rings (SSSR count). The van der Waals surface area contributed by atoms with Gasteiger partial charge in [-0.3, -0.25) is 4.99 Å². The summed E-state index contributed by atoms with van der Waals surface area (Å²) in [6, 6.07) is 0.363. The SMILES string of the molecule is CCCC[C@H]1COC(CC2=NCCO2)=N1. The van der Waals surface area contributed by atoms with E-state index in [4.69, 9.17) is 9.47 Å². The summed E-state index contributed by atoms with van der Waals surface area (Å²) < 4.78 is 10.8. The lowest BCUT2D eigenvalue weighted by Crippen LogP contribution is -2.08. The Kier molecular flexibility index (Phi) is 3.59. The summed E-state index contributed by atoms with van der Waals surface area (Å²) in [6.07, 6.45) is 4.22. The van der Waals surface area contributed by atoms with E-state index in [1.165, 1.54) is 12.8 Å². The van der Waals surface area contributed by atoms with Crippen molar-refractivity contribution in [1.29, 1.82) is 0 Å². The summed E-state index contributed by atoms with van der Waals surface area (Å²) in [4.78, 5) is 8.74. The zero-order valence-electron chi connectivity index (χ0n) is 9.24. The molecule has 4 nitrogen and oxygen atoms in total. The summed E-state index contributed by atoms with van der Waals surface area (Å²) in [6.45, 7) is 4.42. The van der Waals surface area contributed by atoms with Crippen LogP contribution in [0.25, 0.3) is 0 Å². The second kappa shape index (κ2) is 5.14. The topological polar surface area (TPSA) is 43.2 Å². The molecule has 0 aromatic carbocycles. The van der Waals surface area contributed by atoms with E-state index in [0.717, 1.165) is 31.4 Å². The van der Waals surface area contributed by atoms with Crippen LogP contribution in [-0.4, -0.2) is 37.6 Å². The Labute approximate surface area is 90.4 Å². The molecular formula is C11H18N2O2. The van der Waals surface area contributed by atoms with Crippen molar-refractivity contribution in [3.63, 3.8) is 0 Å². The molecule has 0 aromatic rings. The van der Waals surface area contributed by atoms with Crippen LogP contribution in [0.5, 0.6) is 0 Å². The molecule has 4 heteroatoms. The van der Waals surface area contributed by atoms with E-state index in [1.807, 2.05) is 0 Å². The fourth-order valence-electron chi connectivity index (χ4n) is 1.77. The van der Waals surface area contributed by atoms with Gasteiger partial charge in [0.1, 0.15) is 13.2 Å². The zero-order chi connectivity index (χ0) is 10.5. The van der Waals surface area contributed by atoms with E-state index < -0.39 is 0 Å². The molecular weight excluding hydrogens is 192 g/mol. The first kappa shape index (κ1) is 10.5. The Morgan fingerprint density at radius 2 is 2.27 bits per heavy atom. The van der Waals surface area contributed by atoms with E-state index in [9.17, 15) is 0 Å². The van der Waals surface area contributed by atoms with Gasteiger partial charge in [0, 0.05) is 0 Å². The maximum Gasteiger partial charge on any atom is 0.193 e. The Bertz CT molecular complexity index is 274. The molecule has 0 amide bonds. The van der Waals surface area contributed by atoms with Gasteiger partial charge < -0.3 is 9.47 Å². The van der Waals surface area contributed by atoms with Crippen molar-refractivity contribution in [2.45, 2.75) is 38.6 Å². The van der Waals surface area contributed by atoms with Crippen LogP contribution in [0.15, 0.2) is 9.98 Å². The molecule has 0 spiro atoms. The van der Waals surface area contributed by atoms with Crippen LogP contribution in [0.1, 0.15) is 32.6 Å². The molecule has 0 fully saturated rings. The minimum atomic E-state index is 0.363. The van der Waals surface area contributed by atoms with Crippen LogP contribution in [0.4, 0.5) is 0 Å². The largest absolute Gasteiger partial charge is 0.479 e. The summed E-state index contributed by atoms with van der Waals surface area (Å²) in [5.74, 6) is 1.58. The maximum atomic E-state index is 5.51. The second-order valence-electron chi connectivity index (χ2n) is 3.93. The first-order valence-electron chi connectivity index (χ1n) is 5.74. The van der Waals surface area contributed by atoms with Crippen molar-refractivity contribution in [2.75, 3.05) is 19.8 Å². The van der Waals surface area contributed by atoms with Gasteiger partial charge in [0.15, 0.2) is 11.8 Å². The van der Waals surface area contributed by atoms with E-state index in [2.05, 4.69) is 16.9 Å². The van der Waals surface area contributed by atoms with Gasteiger partial charge in [0.05, 0.1) is 19.0 Å². The molecule has 0 aromatic heterocycles. The number of rotatable bonds is 5. The number of hydrogen-bond donors (Lipinski definition) is 0. The van der Waals surface area contributed by atoms with Gasteiger partial charge in [-0.15, -0.1) is 0 Å². The molecule has 84 valence electrons. The molecule has 0 saturated carbocycles.